The average molecular weight is 479 g/mol. The summed E-state index contributed by atoms with van der Waals surface area (Å²) in [6.07, 6.45) is 0.729. The van der Waals surface area contributed by atoms with Gasteiger partial charge in [0.25, 0.3) is 0 Å². The van der Waals surface area contributed by atoms with E-state index < -0.39 is 4.56 Å². The van der Waals surface area contributed by atoms with E-state index in [1.165, 1.54) is 0 Å². The number of ether oxygens (including phenoxy) is 1. The predicted octanol–water partition coefficient (Wildman–Crippen LogP) is 3.98. The molecule has 0 aromatic heterocycles. The van der Waals surface area contributed by atoms with Crippen LogP contribution >= 0.6 is 11.6 Å². The van der Waals surface area contributed by atoms with Crippen LogP contribution in [0.3, 0.4) is 0 Å². The first-order valence-corrected chi connectivity index (χ1v) is 11.9. The molecule has 154 valence electrons. The zero-order valence-electron chi connectivity index (χ0n) is 17.0. The topological polar surface area (TPSA) is 45.1 Å². The van der Waals surface area contributed by atoms with Crippen LogP contribution in [-0.4, -0.2) is 54.7 Å². The Morgan fingerprint density at radius 3 is 2.34 bits per heavy atom. The Labute approximate surface area is 183 Å². The van der Waals surface area contributed by atoms with E-state index >= 15 is 0 Å². The molecule has 29 heavy (non-hydrogen) atoms. The number of rotatable bonds is 8. The molecule has 0 amide bonds. The van der Waals surface area contributed by atoms with Gasteiger partial charge in [-0.1, -0.05) is 0 Å². The molecule has 2 aromatic carbocycles. The first-order chi connectivity index (χ1) is 14.0. The molecule has 5 nitrogen and oxygen atoms in total. The van der Waals surface area contributed by atoms with Crippen molar-refractivity contribution in [1.29, 1.82) is 0 Å². The second kappa shape index (κ2) is 9.77. The van der Waals surface area contributed by atoms with Gasteiger partial charge in [-0.3, -0.25) is 0 Å². The van der Waals surface area contributed by atoms with Gasteiger partial charge in [0.1, 0.15) is 0 Å². The van der Waals surface area contributed by atoms with Crippen LogP contribution in [0, 0.1) is 0 Å². The van der Waals surface area contributed by atoms with Crippen LogP contribution in [0.4, 0.5) is 5.69 Å². The summed E-state index contributed by atoms with van der Waals surface area (Å²) in [7, 11) is 0. The van der Waals surface area contributed by atoms with Gasteiger partial charge < -0.3 is 0 Å². The summed E-state index contributed by atoms with van der Waals surface area (Å²) in [6, 6.07) is 18.0. The summed E-state index contributed by atoms with van der Waals surface area (Å²) < 4.78 is 5.38. The molecule has 3 rings (SSSR count). The molecule has 1 aliphatic heterocycles. The van der Waals surface area contributed by atoms with E-state index in [-0.39, 0.29) is 20.9 Å². The number of hydrazone groups is 1. The van der Waals surface area contributed by atoms with Crippen LogP contribution in [0.25, 0.3) is 0 Å². The minimum absolute atomic E-state index is 0.235. The van der Waals surface area contributed by atoms with Crippen molar-refractivity contribution < 1.29 is 9.53 Å². The summed E-state index contributed by atoms with van der Waals surface area (Å²) in [5.41, 5.74) is 2.12. The van der Waals surface area contributed by atoms with Gasteiger partial charge in [0.05, 0.1) is 0 Å². The number of para-hydroxylation sites is 1. The zero-order valence-corrected chi connectivity index (χ0v) is 19.4. The molecule has 0 radical (unpaired) electrons. The van der Waals surface area contributed by atoms with Crippen LogP contribution in [0.15, 0.2) is 59.7 Å². The van der Waals surface area contributed by atoms with Gasteiger partial charge in [-0.05, 0) is 0 Å². The quantitative estimate of drug-likeness (QED) is 0.425. The van der Waals surface area contributed by atoms with Gasteiger partial charge in [-0.15, -0.1) is 0 Å². The van der Waals surface area contributed by atoms with E-state index in [9.17, 15) is 4.79 Å². The van der Waals surface area contributed by atoms with E-state index in [4.69, 9.17) is 21.4 Å². The van der Waals surface area contributed by atoms with Gasteiger partial charge in [-0.25, -0.2) is 0 Å². The van der Waals surface area contributed by atoms with E-state index in [0.29, 0.717) is 16.2 Å². The number of esters is 1. The van der Waals surface area contributed by atoms with Crippen LogP contribution < -0.4 is 5.01 Å². The van der Waals surface area contributed by atoms with Crippen molar-refractivity contribution in [3.8, 4) is 0 Å². The monoisotopic (exact) mass is 479 g/mol. The summed E-state index contributed by atoms with van der Waals surface area (Å²) in [4.78, 5) is 15.0. The molecule has 0 bridgehead atoms. The number of halogens is 1. The van der Waals surface area contributed by atoms with Gasteiger partial charge in [0, 0.05) is 0 Å². The fourth-order valence-corrected chi connectivity index (χ4v) is 6.63. The van der Waals surface area contributed by atoms with E-state index in [1.54, 1.807) is 0 Å². The molecule has 0 saturated heterocycles. The summed E-state index contributed by atoms with van der Waals surface area (Å²) >= 11 is 5.87. The normalized spacial score (nSPS) is 18.8. The summed E-state index contributed by atoms with van der Waals surface area (Å²) in [5.74, 6) is -0.321. The summed E-state index contributed by atoms with van der Waals surface area (Å²) in [6.45, 7) is 8.15. The molecule has 0 spiro atoms. The fourth-order valence-electron chi connectivity index (χ4n) is 3.50. The average Bonchev–Trinajstić information content (AvgIpc) is 3.12. The molecule has 2 aromatic rings. The predicted molar refractivity (Wildman–Crippen MR) is 120 cm³/mol. The third-order valence-electron chi connectivity index (χ3n) is 4.84. The molecule has 1 heterocycles. The molecule has 1 unspecified atom stereocenters. The number of carbonyl (C=O) groups excluding carboxylic acids is 1. The number of hydrogen-bond acceptors (Lipinski definition) is 5. The van der Waals surface area contributed by atoms with Crippen LogP contribution in [-0.2, 0) is 16.0 Å². The third-order valence-corrected chi connectivity index (χ3v) is 7.91. The number of benzene rings is 2. The number of nitrogens with zero attached hydrogens (tertiary/aromatic N) is 3. The molecule has 0 fully saturated rings. The van der Waals surface area contributed by atoms with Crippen molar-refractivity contribution in [2.75, 3.05) is 24.7 Å². The van der Waals surface area contributed by atoms with Crippen molar-refractivity contribution in [3.05, 3.63) is 65.2 Å². The molecule has 0 saturated carbocycles. The number of likely N-dealkylation sites (N-methyl/N-ethyl adjacent to an activating group) is 1. The van der Waals surface area contributed by atoms with Crippen molar-refractivity contribution >= 4 is 42.8 Å². The molecular formula is C22H26ClN3O2Se. The van der Waals surface area contributed by atoms with Crippen LogP contribution in [0.5, 0.6) is 0 Å². The first-order valence-electron chi connectivity index (χ1n) is 9.83. The SMILES string of the molecule is CCOC(=O)C1=NN(c2ccccc2)C(Cc2ccc(Cl)cc2)(N(CC)CC)[Se]1. The molecule has 1 aliphatic rings. The van der Waals surface area contributed by atoms with Crippen molar-refractivity contribution in [2.24, 2.45) is 5.10 Å². The first kappa shape index (κ1) is 21.8. The van der Waals surface area contributed by atoms with Gasteiger partial charge >= 0.3 is 184 Å². The zero-order chi connectivity index (χ0) is 20.9. The second-order valence-electron chi connectivity index (χ2n) is 6.59. The number of carbonyl (C=O) groups is 1. The Kier molecular flexibility index (Phi) is 7.36. The molecule has 7 heteroatoms. The number of hydrogen-bond donors (Lipinski definition) is 0. The fraction of sp³-hybridized carbons (Fsp3) is 0.364. The summed E-state index contributed by atoms with van der Waals surface area (Å²) in [5, 5.41) is 7.54. The number of anilines is 1. The van der Waals surface area contributed by atoms with Crippen molar-refractivity contribution in [3.63, 3.8) is 0 Å². The van der Waals surface area contributed by atoms with E-state index in [0.717, 1.165) is 30.8 Å². The van der Waals surface area contributed by atoms with Gasteiger partial charge in [0.2, 0.25) is 0 Å². The Bertz CT molecular complexity index is 856. The molecule has 0 aliphatic carbocycles. The minimum atomic E-state index is -0.437. The second-order valence-corrected chi connectivity index (χ2v) is 9.64. The van der Waals surface area contributed by atoms with E-state index in [2.05, 4.69) is 30.9 Å². The van der Waals surface area contributed by atoms with Crippen LogP contribution in [0.1, 0.15) is 26.3 Å². The Hall–Kier alpha value is -1.85. The maximum atomic E-state index is 12.6. The van der Waals surface area contributed by atoms with Gasteiger partial charge in [-0.2, -0.15) is 0 Å². The van der Waals surface area contributed by atoms with Crippen LogP contribution in [0.2, 0.25) is 5.02 Å². The molecular weight excluding hydrogens is 453 g/mol. The van der Waals surface area contributed by atoms with E-state index in [1.807, 2.05) is 54.4 Å². The maximum absolute atomic E-state index is 12.6. The Morgan fingerprint density at radius 1 is 1.10 bits per heavy atom. The standard InChI is InChI=1S/C22H26ClN3O2Se/c1-4-25(5-2)22(16-17-12-14-18(23)15-13-17)26(19-10-8-7-9-11-19)24-20(29-22)21(27)28-6-3/h7-15H,4-6,16H2,1-3H3. The van der Waals surface area contributed by atoms with Crippen molar-refractivity contribution in [2.45, 2.75) is 31.8 Å². The Balaban J connectivity index is 2.09. The molecule has 0 N–H and O–H groups in total. The van der Waals surface area contributed by atoms with Crippen molar-refractivity contribution in [1.82, 2.24) is 4.90 Å². The third kappa shape index (κ3) is 4.67. The van der Waals surface area contributed by atoms with Gasteiger partial charge in [0.15, 0.2) is 0 Å². The Morgan fingerprint density at radius 2 is 1.76 bits per heavy atom. The molecule has 1 atom stereocenters.